The molecule has 5 nitrogen and oxygen atoms in total. The van der Waals surface area contributed by atoms with Gasteiger partial charge in [0.15, 0.2) is 6.61 Å². The second-order valence-corrected chi connectivity index (χ2v) is 9.28. The number of hydrogen-bond acceptors (Lipinski definition) is 5. The highest BCUT2D eigenvalue weighted by atomic mass is 16.7. The van der Waals surface area contributed by atoms with Crippen molar-refractivity contribution >= 4 is 12.1 Å². The summed E-state index contributed by atoms with van der Waals surface area (Å²) in [4.78, 5) is 23.1. The number of hydrogen-bond donors (Lipinski definition) is 0. The summed E-state index contributed by atoms with van der Waals surface area (Å²) in [5.74, 6) is 5.64. The van der Waals surface area contributed by atoms with Crippen LogP contribution in [-0.4, -0.2) is 31.4 Å². The number of rotatable bonds is 23. The van der Waals surface area contributed by atoms with Crippen molar-refractivity contribution in [2.45, 2.75) is 136 Å². The van der Waals surface area contributed by atoms with Gasteiger partial charge in [-0.1, -0.05) is 109 Å². The van der Waals surface area contributed by atoms with Gasteiger partial charge in [0.05, 0.1) is 6.61 Å². The molecule has 36 heavy (non-hydrogen) atoms. The second-order valence-electron chi connectivity index (χ2n) is 9.28. The van der Waals surface area contributed by atoms with Crippen molar-refractivity contribution in [3.63, 3.8) is 0 Å². The summed E-state index contributed by atoms with van der Waals surface area (Å²) in [7, 11) is 0. The summed E-state index contributed by atoms with van der Waals surface area (Å²) in [6, 6.07) is 0. The lowest BCUT2D eigenvalue weighted by Crippen LogP contribution is -2.19. The molecule has 1 unspecified atom stereocenters. The van der Waals surface area contributed by atoms with Gasteiger partial charge in [0, 0.05) is 18.9 Å². The van der Waals surface area contributed by atoms with E-state index in [0.717, 1.165) is 70.6 Å². The van der Waals surface area contributed by atoms with E-state index in [9.17, 15) is 9.59 Å². The molecule has 0 spiro atoms. The lowest BCUT2D eigenvalue weighted by molar-refractivity contribution is -0.137. The molecule has 0 aromatic heterocycles. The number of esters is 1. The van der Waals surface area contributed by atoms with E-state index in [1.165, 1.54) is 51.0 Å². The van der Waals surface area contributed by atoms with Crippen molar-refractivity contribution in [3.05, 3.63) is 24.8 Å². The number of unbranched alkanes of at least 4 members (excludes halogenated alkanes) is 13. The number of carbonyl (C=O) groups excluding carboxylic acids is 2. The molecular formula is C31H52O5. The van der Waals surface area contributed by atoms with Gasteiger partial charge < -0.3 is 14.2 Å². The summed E-state index contributed by atoms with van der Waals surface area (Å²) >= 11 is 0. The van der Waals surface area contributed by atoms with Crippen LogP contribution in [0.2, 0.25) is 0 Å². The highest BCUT2D eigenvalue weighted by Crippen LogP contribution is 2.14. The molecule has 0 amide bonds. The van der Waals surface area contributed by atoms with Crippen LogP contribution in [-0.2, 0) is 19.0 Å². The minimum atomic E-state index is -0.608. The molecule has 0 N–H and O–H groups in total. The van der Waals surface area contributed by atoms with Gasteiger partial charge in [-0.3, -0.25) is 0 Å². The first-order chi connectivity index (χ1) is 17.6. The minimum Gasteiger partial charge on any atom is -0.463 e. The van der Waals surface area contributed by atoms with Crippen molar-refractivity contribution in [3.8, 4) is 11.8 Å². The Morgan fingerprint density at radius 2 is 1.44 bits per heavy atom. The Morgan fingerprint density at radius 3 is 2.17 bits per heavy atom. The first-order valence-electron chi connectivity index (χ1n) is 14.4. The van der Waals surface area contributed by atoms with Crippen LogP contribution in [0.4, 0.5) is 4.79 Å². The van der Waals surface area contributed by atoms with Gasteiger partial charge in [-0.2, -0.15) is 0 Å². The number of carbonyl (C=O) groups is 2. The van der Waals surface area contributed by atoms with Gasteiger partial charge in [-0.05, 0) is 38.5 Å². The van der Waals surface area contributed by atoms with Crippen LogP contribution in [0.1, 0.15) is 129 Å². The quantitative estimate of drug-likeness (QED) is 0.0457. The van der Waals surface area contributed by atoms with E-state index in [1.807, 2.05) is 0 Å². The van der Waals surface area contributed by atoms with E-state index < -0.39 is 6.16 Å². The largest absolute Gasteiger partial charge is 0.509 e. The topological polar surface area (TPSA) is 61.8 Å². The van der Waals surface area contributed by atoms with Crippen LogP contribution in [0.5, 0.6) is 0 Å². The van der Waals surface area contributed by atoms with Gasteiger partial charge >= 0.3 is 12.1 Å². The molecular weight excluding hydrogens is 452 g/mol. The fourth-order valence-electron chi connectivity index (χ4n) is 3.74. The second kappa shape index (κ2) is 27.4. The Kier molecular flexibility index (Phi) is 25.7. The molecule has 0 fully saturated rings. The fraction of sp³-hybridized carbons (Fsp3) is 0.742. The van der Waals surface area contributed by atoms with Crippen molar-refractivity contribution in [1.82, 2.24) is 0 Å². The summed E-state index contributed by atoms with van der Waals surface area (Å²) in [6.07, 6.45) is 24.4. The Hall–Kier alpha value is -2.22. The zero-order valence-corrected chi connectivity index (χ0v) is 23.2. The zero-order chi connectivity index (χ0) is 26.5. The molecule has 0 aromatic rings. The molecule has 0 rings (SSSR count). The molecule has 0 saturated carbocycles. The van der Waals surface area contributed by atoms with Gasteiger partial charge in [0.25, 0.3) is 0 Å². The molecule has 0 aliphatic carbocycles. The molecule has 1 atom stereocenters. The molecule has 5 heteroatoms. The van der Waals surface area contributed by atoms with Crippen molar-refractivity contribution < 1.29 is 23.8 Å². The molecule has 0 radical (unpaired) electrons. The summed E-state index contributed by atoms with van der Waals surface area (Å²) in [5, 5.41) is 0. The SMILES string of the molecule is C=CC(=O)OCCCCCCCC/C=C\CC(CCCCCC)OC(=O)OCC#CCCCCCC. The van der Waals surface area contributed by atoms with Crippen molar-refractivity contribution in [2.75, 3.05) is 13.2 Å². The average molecular weight is 505 g/mol. The van der Waals surface area contributed by atoms with Crippen molar-refractivity contribution in [2.24, 2.45) is 0 Å². The van der Waals surface area contributed by atoms with Crippen LogP contribution in [0.15, 0.2) is 24.8 Å². The zero-order valence-electron chi connectivity index (χ0n) is 23.2. The third-order valence-electron chi connectivity index (χ3n) is 5.93. The van der Waals surface area contributed by atoms with E-state index in [0.29, 0.717) is 6.61 Å². The molecule has 0 aliphatic rings. The summed E-state index contributed by atoms with van der Waals surface area (Å²) < 4.78 is 15.7. The Morgan fingerprint density at radius 1 is 0.778 bits per heavy atom. The van der Waals surface area contributed by atoms with Crippen LogP contribution in [0.25, 0.3) is 0 Å². The molecule has 0 heterocycles. The van der Waals surface area contributed by atoms with E-state index in [-0.39, 0.29) is 18.7 Å². The Bertz CT molecular complexity index is 629. The Labute approximate surface area is 221 Å². The Balaban J connectivity index is 4.04. The number of allylic oxidation sites excluding steroid dienone is 1. The number of ether oxygens (including phenoxy) is 3. The fourth-order valence-corrected chi connectivity index (χ4v) is 3.74. The van der Waals surface area contributed by atoms with Crippen LogP contribution >= 0.6 is 0 Å². The lowest BCUT2D eigenvalue weighted by Gasteiger charge is -2.15. The minimum absolute atomic E-state index is 0.102. The van der Waals surface area contributed by atoms with E-state index in [2.05, 4.69) is 44.4 Å². The molecule has 206 valence electrons. The standard InChI is InChI=1S/C31H52O5/c1-4-7-9-11-16-20-24-28-35-31(33)36-29(25-21-10-8-5-2)26-22-18-15-13-12-14-17-19-23-27-34-30(32)6-3/h6,18,22,29H,3-5,7-17,19,21,23,25-28H2,1-2H3/b22-18-. The third-order valence-corrected chi connectivity index (χ3v) is 5.93. The van der Waals surface area contributed by atoms with Gasteiger partial charge in [0.2, 0.25) is 0 Å². The lowest BCUT2D eigenvalue weighted by atomic mass is 10.1. The predicted molar refractivity (Wildman–Crippen MR) is 149 cm³/mol. The highest BCUT2D eigenvalue weighted by molar-refractivity contribution is 5.81. The van der Waals surface area contributed by atoms with Crippen LogP contribution in [0, 0.1) is 11.8 Å². The van der Waals surface area contributed by atoms with Crippen molar-refractivity contribution in [1.29, 1.82) is 0 Å². The first kappa shape index (κ1) is 33.8. The molecule has 0 aliphatic heterocycles. The average Bonchev–Trinajstić information content (AvgIpc) is 2.88. The van der Waals surface area contributed by atoms with Crippen LogP contribution < -0.4 is 0 Å². The van der Waals surface area contributed by atoms with E-state index in [4.69, 9.17) is 14.2 Å². The molecule has 0 aromatic carbocycles. The van der Waals surface area contributed by atoms with Crippen LogP contribution in [0.3, 0.4) is 0 Å². The normalized spacial score (nSPS) is 11.5. The van der Waals surface area contributed by atoms with E-state index in [1.54, 1.807) is 0 Å². The summed E-state index contributed by atoms with van der Waals surface area (Å²) in [6.45, 7) is 8.36. The van der Waals surface area contributed by atoms with Gasteiger partial charge in [0.1, 0.15) is 6.10 Å². The third kappa shape index (κ3) is 24.9. The molecule has 0 bridgehead atoms. The molecule has 0 saturated heterocycles. The maximum Gasteiger partial charge on any atom is 0.509 e. The maximum absolute atomic E-state index is 12.1. The van der Waals surface area contributed by atoms with Gasteiger partial charge in [-0.15, -0.1) is 0 Å². The monoisotopic (exact) mass is 504 g/mol. The highest BCUT2D eigenvalue weighted by Gasteiger charge is 2.14. The first-order valence-corrected chi connectivity index (χ1v) is 14.4. The summed E-state index contributed by atoms with van der Waals surface area (Å²) in [5.41, 5.74) is 0. The maximum atomic E-state index is 12.1. The van der Waals surface area contributed by atoms with Gasteiger partial charge in [-0.25, -0.2) is 9.59 Å². The predicted octanol–water partition coefficient (Wildman–Crippen LogP) is 8.86. The smallest absolute Gasteiger partial charge is 0.463 e. The van der Waals surface area contributed by atoms with E-state index >= 15 is 0 Å².